The highest BCUT2D eigenvalue weighted by atomic mass is 14.3. The van der Waals surface area contributed by atoms with Crippen LogP contribution in [0.3, 0.4) is 0 Å². The summed E-state index contributed by atoms with van der Waals surface area (Å²) < 4.78 is 60.9. The van der Waals surface area contributed by atoms with Gasteiger partial charge in [0.25, 0.3) is 0 Å². The third kappa shape index (κ3) is 11.8. The molecule has 0 spiro atoms. The van der Waals surface area contributed by atoms with Gasteiger partial charge in [-0.1, -0.05) is 424 Å². The van der Waals surface area contributed by atoms with E-state index in [1.54, 1.807) is 0 Å². The normalized spacial score (nSPS) is 12.4. The summed E-state index contributed by atoms with van der Waals surface area (Å²) >= 11 is 0. The molecule has 0 heteroatoms. The number of hydrogen-bond donors (Lipinski definition) is 0. The predicted octanol–water partition coefficient (Wildman–Crippen LogP) is 32.2. The molecule has 23 rings (SSSR count). The molecule has 0 aliphatic rings. The summed E-state index contributed by atoms with van der Waals surface area (Å²) in [6, 6.07) is 142. The molecule has 0 fully saturated rings. The van der Waals surface area contributed by atoms with Crippen molar-refractivity contribution < 1.29 is 9.60 Å². The minimum atomic E-state index is -0.461. The summed E-state index contributed by atoms with van der Waals surface area (Å²) in [7, 11) is 0. The van der Waals surface area contributed by atoms with E-state index >= 15 is 0 Å². The molecule has 0 unspecified atom stereocenters. The number of fused-ring (bicyclic) bond motifs is 13. The molecule has 0 saturated heterocycles. The van der Waals surface area contributed by atoms with Crippen molar-refractivity contribution in [3.05, 3.63) is 449 Å². The van der Waals surface area contributed by atoms with Crippen LogP contribution in [0.1, 0.15) is 9.60 Å². The van der Waals surface area contributed by atoms with E-state index < -0.39 is 12.1 Å². The average molecular weight is 1450 g/mol. The quantitative estimate of drug-likeness (QED) is 0.105. The molecule has 0 atom stereocenters. The van der Waals surface area contributed by atoms with Gasteiger partial charge in [-0.25, -0.2) is 0 Å². The monoisotopic (exact) mass is 1450 g/mol. The van der Waals surface area contributed by atoms with Gasteiger partial charge in [0, 0.05) is 0 Å². The van der Waals surface area contributed by atoms with E-state index in [-0.39, 0.29) is 46.5 Å². The fraction of sp³-hybridized carbons (Fsp3) is 0. The van der Waals surface area contributed by atoms with Crippen LogP contribution >= 0.6 is 0 Å². The Balaban J connectivity index is 0.000000113. The lowest BCUT2D eigenvalue weighted by Crippen LogP contribution is -1.92. The minimum Gasteiger partial charge on any atom is -0.0622 e. The van der Waals surface area contributed by atoms with Gasteiger partial charge in [0.05, 0.1) is 9.60 Å². The van der Waals surface area contributed by atoms with Gasteiger partial charge in [-0.3, -0.25) is 0 Å². The summed E-state index contributed by atoms with van der Waals surface area (Å²) in [5.41, 5.74) is 18.1. The van der Waals surface area contributed by atoms with Crippen LogP contribution in [0.2, 0.25) is 0 Å². The Morgan fingerprint density at radius 1 is 0.123 bits per heavy atom. The Labute approximate surface area is 672 Å². The lowest BCUT2D eigenvalue weighted by atomic mass is 9.83. The fourth-order valence-electron chi connectivity index (χ4n) is 18.0. The Hall–Kier alpha value is -14.8. The summed E-state index contributed by atoms with van der Waals surface area (Å²) in [5, 5.41) is 25.9. The molecule has 23 aromatic rings. The number of hydrogen-bond acceptors (Lipinski definition) is 0. The molecule has 0 nitrogen and oxygen atoms in total. The van der Waals surface area contributed by atoms with Crippen LogP contribution < -0.4 is 0 Å². The molecule has 0 saturated carbocycles. The van der Waals surface area contributed by atoms with E-state index in [0.717, 1.165) is 48.8 Å². The molecule has 0 bridgehead atoms. The summed E-state index contributed by atoms with van der Waals surface area (Å²) in [5.74, 6) is 0. The molecule has 0 N–H and O–H groups in total. The maximum Gasteiger partial charge on any atom is 0.0629 e. The van der Waals surface area contributed by atoms with Gasteiger partial charge < -0.3 is 0 Å². The molecule has 530 valence electrons. The number of rotatable bonds is 8. The van der Waals surface area contributed by atoms with Gasteiger partial charge in [-0.05, 0) is 243 Å². The van der Waals surface area contributed by atoms with E-state index in [0.29, 0.717) is 5.56 Å². The van der Waals surface area contributed by atoms with Crippen molar-refractivity contribution in [2.24, 2.45) is 0 Å². The molecule has 0 radical (unpaired) electrons. The van der Waals surface area contributed by atoms with Crippen LogP contribution in [0.4, 0.5) is 0 Å². The van der Waals surface area contributed by atoms with Crippen LogP contribution in [-0.2, 0) is 0 Å². The van der Waals surface area contributed by atoms with Crippen LogP contribution in [0.25, 0.3) is 218 Å². The van der Waals surface area contributed by atoms with Crippen molar-refractivity contribution >= 4 is 129 Å². The summed E-state index contributed by atoms with van der Waals surface area (Å²) in [4.78, 5) is 0. The maximum atomic E-state index is 9.15. The van der Waals surface area contributed by atoms with E-state index in [1.807, 2.05) is 66.7 Å². The molecule has 0 aliphatic carbocycles. The van der Waals surface area contributed by atoms with Crippen molar-refractivity contribution in [2.45, 2.75) is 0 Å². The van der Waals surface area contributed by atoms with E-state index in [1.165, 1.54) is 148 Å². The highest BCUT2D eigenvalue weighted by Gasteiger charge is 2.24. The zero-order chi connectivity index (χ0) is 81.5. The van der Waals surface area contributed by atoms with E-state index in [4.69, 9.17) is 9.60 Å². The zero-order valence-corrected chi connectivity index (χ0v) is 62.2. The van der Waals surface area contributed by atoms with Gasteiger partial charge in [-0.15, -0.1) is 0 Å². The van der Waals surface area contributed by atoms with Gasteiger partial charge in [0.15, 0.2) is 0 Å². The first kappa shape index (κ1) is 60.0. The SMILES string of the molecule is [2H]c1c([2H])c([2H])c2c(-c3c4ccccc4c(-c4cc5ccccc5c5ccccc45)c4ccccc34)c([2H])c([2H])c([2H])c2c1[2H].c1ccc(-c2cccc(-c3c4ccccc4c(-c4cccc5c(-c6ccccc6)cccc45)c4ccccc34)c2)cc1.c1ccc2cc(-c3c4ccccc4c(-c4ccc5ccccc5c4)c4ccccc34)ccc2c1. The third-order valence-electron chi connectivity index (χ3n) is 23.0. The van der Waals surface area contributed by atoms with Crippen LogP contribution in [-0.4, -0.2) is 0 Å². The largest absolute Gasteiger partial charge is 0.0629 e. The smallest absolute Gasteiger partial charge is 0.0622 e. The Morgan fingerprint density at radius 2 is 0.439 bits per heavy atom. The third-order valence-corrected chi connectivity index (χ3v) is 23.0. The Morgan fingerprint density at radius 3 is 0.939 bits per heavy atom. The van der Waals surface area contributed by atoms with Crippen molar-refractivity contribution in [1.29, 1.82) is 0 Å². The molecule has 23 aromatic carbocycles. The van der Waals surface area contributed by atoms with Crippen molar-refractivity contribution in [3.8, 4) is 89.0 Å². The lowest BCUT2D eigenvalue weighted by Gasteiger charge is -2.20. The maximum absolute atomic E-state index is 9.15. The van der Waals surface area contributed by atoms with Crippen molar-refractivity contribution in [2.75, 3.05) is 0 Å². The highest BCUT2D eigenvalue weighted by molar-refractivity contribution is 6.29. The number of benzene rings is 23. The molecule has 0 heterocycles. The van der Waals surface area contributed by atoms with Gasteiger partial charge >= 0.3 is 0 Å². The second kappa shape index (κ2) is 28.9. The predicted molar refractivity (Wildman–Crippen MR) is 493 cm³/mol. The molecule has 114 heavy (non-hydrogen) atoms. The highest BCUT2D eigenvalue weighted by Crippen LogP contribution is 2.51. The molecular weight excluding hydrogens is 1370 g/mol. The van der Waals surface area contributed by atoms with E-state index in [9.17, 15) is 0 Å². The molecule has 0 aliphatic heterocycles. The van der Waals surface area contributed by atoms with Gasteiger partial charge in [0.2, 0.25) is 0 Å². The van der Waals surface area contributed by atoms with Gasteiger partial charge in [-0.2, -0.15) is 0 Å². The molecule has 0 amide bonds. The van der Waals surface area contributed by atoms with Crippen LogP contribution in [0.15, 0.2) is 449 Å². The fourth-order valence-corrected chi connectivity index (χ4v) is 18.0. The summed E-state index contributed by atoms with van der Waals surface area (Å²) in [6.45, 7) is 0. The first-order valence-electron chi connectivity index (χ1n) is 42.5. The lowest BCUT2D eigenvalue weighted by molar-refractivity contribution is 1.61. The average Bonchev–Trinajstić information content (AvgIpc) is 0.704. The molecular formula is C114H74. The Bertz CT molecular complexity index is 7860. The standard InChI is InChI=1S/C42H28.C38H24.C34H22/c1-3-14-29(15-4-1)31-18-11-19-32(28-31)41-37-20-7-9-22-39(37)42(40-23-10-8-21-38(40)41)36-27-13-25-34-33(24-12-26-35(34)36)30-16-5-2-6-17-30;1-3-15-27-25(12-1)14-11-23-31(27)37-32-19-7-9-21-34(32)38(35-22-10-8-20-33(35)37)36-24-26-13-2-4-16-28(26)29-17-5-6-18-30(29)36;1-3-11-25-21-27(19-17-23(25)9-1)33-29-13-5-7-15-31(29)34(32-16-8-6-14-30(32)33)28-20-18-24-10-2-4-12-26(24)22-28/h1-28H;1-24H;1-22H/i;1D,3D,11D,12D,14D,15D,23D;. The van der Waals surface area contributed by atoms with Crippen molar-refractivity contribution in [3.63, 3.8) is 0 Å². The van der Waals surface area contributed by atoms with Gasteiger partial charge in [0.1, 0.15) is 0 Å². The first-order valence-corrected chi connectivity index (χ1v) is 39.0. The first-order chi connectivity index (χ1) is 59.5. The molecule has 0 aromatic heterocycles. The second-order valence-corrected chi connectivity index (χ2v) is 29.4. The summed E-state index contributed by atoms with van der Waals surface area (Å²) in [6.07, 6.45) is 0. The van der Waals surface area contributed by atoms with E-state index in [2.05, 4.69) is 340 Å². The van der Waals surface area contributed by atoms with Crippen molar-refractivity contribution in [1.82, 2.24) is 0 Å². The topological polar surface area (TPSA) is 0 Å². The zero-order valence-electron chi connectivity index (χ0n) is 69.2. The second-order valence-electron chi connectivity index (χ2n) is 29.4. The van der Waals surface area contributed by atoms with Crippen LogP contribution in [0.5, 0.6) is 0 Å². The Kier molecular flexibility index (Phi) is 15.2. The van der Waals surface area contributed by atoms with Crippen LogP contribution in [0, 0.1) is 0 Å². The minimum absolute atomic E-state index is 0.0465.